The first-order valence-electron chi connectivity index (χ1n) is 8.29. The SMILES string of the molecule is CCC(C)C(NC(=O)c1ccc(Cl)cc1)C(=O)N(C)CCCC(=O)O. The highest BCUT2D eigenvalue weighted by atomic mass is 35.5. The van der Waals surface area contributed by atoms with Crippen LogP contribution in [0, 0.1) is 5.92 Å². The molecule has 2 N–H and O–H groups in total. The van der Waals surface area contributed by atoms with E-state index in [1.807, 2.05) is 13.8 Å². The molecular formula is C18H25ClN2O4. The highest BCUT2D eigenvalue weighted by Crippen LogP contribution is 2.14. The zero-order valence-electron chi connectivity index (χ0n) is 14.8. The van der Waals surface area contributed by atoms with Crippen molar-refractivity contribution in [1.29, 1.82) is 0 Å². The van der Waals surface area contributed by atoms with Crippen LogP contribution in [0.15, 0.2) is 24.3 Å². The van der Waals surface area contributed by atoms with Gasteiger partial charge >= 0.3 is 5.97 Å². The van der Waals surface area contributed by atoms with Crippen molar-refractivity contribution in [2.24, 2.45) is 5.92 Å². The maximum atomic E-state index is 12.7. The van der Waals surface area contributed by atoms with Crippen LogP contribution < -0.4 is 5.32 Å². The Morgan fingerprint density at radius 3 is 2.36 bits per heavy atom. The van der Waals surface area contributed by atoms with Crippen molar-refractivity contribution in [3.8, 4) is 0 Å². The topological polar surface area (TPSA) is 86.7 Å². The zero-order chi connectivity index (χ0) is 19.0. The fourth-order valence-electron chi connectivity index (χ4n) is 2.32. The molecule has 0 radical (unpaired) electrons. The Bertz CT molecular complexity index is 604. The summed E-state index contributed by atoms with van der Waals surface area (Å²) in [4.78, 5) is 37.2. The predicted molar refractivity (Wildman–Crippen MR) is 96.7 cm³/mol. The van der Waals surface area contributed by atoms with Crippen LogP contribution in [0.2, 0.25) is 5.02 Å². The Morgan fingerprint density at radius 1 is 1.24 bits per heavy atom. The highest BCUT2D eigenvalue weighted by Gasteiger charge is 2.28. The van der Waals surface area contributed by atoms with E-state index in [9.17, 15) is 14.4 Å². The quantitative estimate of drug-likeness (QED) is 0.701. The summed E-state index contributed by atoms with van der Waals surface area (Å²) in [6, 6.07) is 5.78. The number of benzene rings is 1. The van der Waals surface area contributed by atoms with Crippen molar-refractivity contribution in [3.05, 3.63) is 34.9 Å². The van der Waals surface area contributed by atoms with Crippen LogP contribution in [0.4, 0.5) is 0 Å². The molecule has 0 aliphatic carbocycles. The molecule has 138 valence electrons. The largest absolute Gasteiger partial charge is 0.481 e. The van der Waals surface area contributed by atoms with Gasteiger partial charge in [0, 0.05) is 30.6 Å². The Balaban J connectivity index is 2.78. The Labute approximate surface area is 153 Å². The average Bonchev–Trinajstić information content (AvgIpc) is 2.58. The summed E-state index contributed by atoms with van der Waals surface area (Å²) in [6.45, 7) is 4.18. The van der Waals surface area contributed by atoms with Gasteiger partial charge < -0.3 is 15.3 Å². The van der Waals surface area contributed by atoms with Crippen LogP contribution >= 0.6 is 11.6 Å². The van der Waals surface area contributed by atoms with E-state index < -0.39 is 12.0 Å². The van der Waals surface area contributed by atoms with E-state index in [2.05, 4.69) is 5.32 Å². The second kappa shape index (κ2) is 10.0. The first-order chi connectivity index (χ1) is 11.8. The monoisotopic (exact) mass is 368 g/mol. The smallest absolute Gasteiger partial charge is 0.303 e. The summed E-state index contributed by atoms with van der Waals surface area (Å²) in [5.41, 5.74) is 0.430. The summed E-state index contributed by atoms with van der Waals surface area (Å²) >= 11 is 5.82. The van der Waals surface area contributed by atoms with Crippen molar-refractivity contribution in [2.45, 2.75) is 39.2 Å². The first-order valence-corrected chi connectivity index (χ1v) is 8.67. The molecule has 2 unspecified atom stereocenters. The summed E-state index contributed by atoms with van der Waals surface area (Å²) in [6.07, 6.45) is 1.10. The van der Waals surface area contributed by atoms with Crippen molar-refractivity contribution < 1.29 is 19.5 Å². The minimum Gasteiger partial charge on any atom is -0.481 e. The van der Waals surface area contributed by atoms with E-state index in [0.717, 1.165) is 6.42 Å². The fraction of sp³-hybridized carbons (Fsp3) is 0.500. The van der Waals surface area contributed by atoms with Crippen molar-refractivity contribution >= 4 is 29.4 Å². The van der Waals surface area contributed by atoms with Gasteiger partial charge in [0.25, 0.3) is 5.91 Å². The van der Waals surface area contributed by atoms with Gasteiger partial charge in [-0.05, 0) is 36.6 Å². The molecule has 1 aromatic carbocycles. The van der Waals surface area contributed by atoms with Gasteiger partial charge in [0.1, 0.15) is 6.04 Å². The maximum absolute atomic E-state index is 12.7. The van der Waals surface area contributed by atoms with Crippen LogP contribution in [0.25, 0.3) is 0 Å². The number of hydrogen-bond acceptors (Lipinski definition) is 3. The number of halogens is 1. The number of likely N-dealkylation sites (N-methyl/N-ethyl adjacent to an activating group) is 1. The van der Waals surface area contributed by atoms with Gasteiger partial charge in [0.2, 0.25) is 5.91 Å². The van der Waals surface area contributed by atoms with Crippen LogP contribution in [0.5, 0.6) is 0 Å². The Morgan fingerprint density at radius 2 is 1.84 bits per heavy atom. The number of hydrogen-bond donors (Lipinski definition) is 2. The Hall–Kier alpha value is -2.08. The number of carbonyl (C=O) groups is 3. The summed E-state index contributed by atoms with van der Waals surface area (Å²) < 4.78 is 0. The van der Waals surface area contributed by atoms with Gasteiger partial charge in [-0.2, -0.15) is 0 Å². The third-order valence-electron chi connectivity index (χ3n) is 4.13. The molecular weight excluding hydrogens is 344 g/mol. The molecule has 1 aromatic rings. The number of aliphatic carboxylic acids is 1. The maximum Gasteiger partial charge on any atom is 0.303 e. The molecule has 0 aliphatic rings. The molecule has 0 heterocycles. The zero-order valence-corrected chi connectivity index (χ0v) is 15.5. The number of nitrogens with one attached hydrogen (secondary N) is 1. The van der Waals surface area contributed by atoms with Crippen molar-refractivity contribution in [1.82, 2.24) is 10.2 Å². The minimum atomic E-state index is -0.893. The molecule has 6 nitrogen and oxygen atoms in total. The molecule has 0 saturated heterocycles. The minimum absolute atomic E-state index is 0.00273. The number of carboxylic acids is 1. The number of carbonyl (C=O) groups excluding carboxylic acids is 2. The van der Waals surface area contributed by atoms with E-state index in [0.29, 0.717) is 23.6 Å². The van der Waals surface area contributed by atoms with Gasteiger partial charge in [0.15, 0.2) is 0 Å². The highest BCUT2D eigenvalue weighted by molar-refractivity contribution is 6.30. The number of nitrogens with zero attached hydrogens (tertiary/aromatic N) is 1. The van der Waals surface area contributed by atoms with Crippen LogP contribution in [-0.2, 0) is 9.59 Å². The van der Waals surface area contributed by atoms with E-state index in [-0.39, 0.29) is 24.2 Å². The average molecular weight is 369 g/mol. The first kappa shape index (κ1) is 21.0. The molecule has 0 saturated carbocycles. The van der Waals surface area contributed by atoms with Crippen molar-refractivity contribution in [3.63, 3.8) is 0 Å². The second-order valence-electron chi connectivity index (χ2n) is 6.10. The normalized spacial score (nSPS) is 13.0. The number of rotatable bonds is 9. The van der Waals surface area contributed by atoms with Crippen LogP contribution in [0.3, 0.4) is 0 Å². The van der Waals surface area contributed by atoms with Crippen molar-refractivity contribution in [2.75, 3.05) is 13.6 Å². The lowest BCUT2D eigenvalue weighted by molar-refractivity contribution is -0.138. The molecule has 2 atom stereocenters. The predicted octanol–water partition coefficient (Wildman–Crippen LogP) is 2.81. The molecule has 0 aliphatic heterocycles. The third-order valence-corrected chi connectivity index (χ3v) is 4.38. The summed E-state index contributed by atoms with van der Waals surface area (Å²) in [5.74, 6) is -1.50. The van der Waals surface area contributed by atoms with Gasteiger partial charge in [-0.1, -0.05) is 31.9 Å². The molecule has 0 bridgehead atoms. The lowest BCUT2D eigenvalue weighted by atomic mass is 9.97. The molecule has 7 heteroatoms. The van der Waals surface area contributed by atoms with Gasteiger partial charge in [-0.3, -0.25) is 14.4 Å². The lowest BCUT2D eigenvalue weighted by Gasteiger charge is -2.28. The summed E-state index contributed by atoms with van der Waals surface area (Å²) in [5, 5.41) is 12.0. The lowest BCUT2D eigenvalue weighted by Crippen LogP contribution is -2.50. The van der Waals surface area contributed by atoms with Crippen LogP contribution in [0.1, 0.15) is 43.5 Å². The fourth-order valence-corrected chi connectivity index (χ4v) is 2.45. The van der Waals surface area contributed by atoms with Crippen LogP contribution in [-0.4, -0.2) is 47.4 Å². The van der Waals surface area contributed by atoms with E-state index in [4.69, 9.17) is 16.7 Å². The second-order valence-corrected chi connectivity index (χ2v) is 6.54. The van der Waals surface area contributed by atoms with E-state index >= 15 is 0 Å². The number of amides is 2. The van der Waals surface area contributed by atoms with Gasteiger partial charge in [-0.15, -0.1) is 0 Å². The molecule has 0 aromatic heterocycles. The van der Waals surface area contributed by atoms with E-state index in [1.165, 1.54) is 4.90 Å². The molecule has 25 heavy (non-hydrogen) atoms. The third kappa shape index (κ3) is 6.74. The van der Waals surface area contributed by atoms with E-state index in [1.54, 1.807) is 31.3 Å². The standard InChI is InChI=1S/C18H25ClN2O4/c1-4-12(2)16(18(25)21(3)11-5-6-15(22)23)20-17(24)13-7-9-14(19)10-8-13/h7-10,12,16H,4-6,11H2,1-3H3,(H,20,24)(H,22,23). The molecule has 2 amide bonds. The van der Waals surface area contributed by atoms with Gasteiger partial charge in [0.05, 0.1) is 0 Å². The Kier molecular flexibility index (Phi) is 8.41. The number of carboxylic acid groups (broad SMARTS) is 1. The summed E-state index contributed by atoms with van der Waals surface area (Å²) in [7, 11) is 1.62. The van der Waals surface area contributed by atoms with Gasteiger partial charge in [-0.25, -0.2) is 0 Å². The molecule has 0 fully saturated rings. The molecule has 1 rings (SSSR count). The molecule has 0 spiro atoms.